The molecular weight excluding hydrogens is 284 g/mol. The van der Waals surface area contributed by atoms with E-state index in [0.29, 0.717) is 30.5 Å². The summed E-state index contributed by atoms with van der Waals surface area (Å²) in [5.74, 6) is -1.90. The normalized spacial score (nSPS) is 21.3. The molecule has 0 bridgehead atoms. The van der Waals surface area contributed by atoms with E-state index in [1.165, 1.54) is 13.1 Å². The summed E-state index contributed by atoms with van der Waals surface area (Å²) in [5.41, 5.74) is 0.812. The Hall–Kier alpha value is -2.37. The molecule has 0 spiro atoms. The Balaban J connectivity index is 2.24. The summed E-state index contributed by atoms with van der Waals surface area (Å²) in [7, 11) is 1.53. The van der Waals surface area contributed by atoms with E-state index < -0.39 is 11.9 Å². The van der Waals surface area contributed by atoms with Gasteiger partial charge >= 0.3 is 5.97 Å². The molecule has 2 N–H and O–H groups in total. The van der Waals surface area contributed by atoms with Crippen molar-refractivity contribution in [2.75, 3.05) is 13.6 Å². The van der Waals surface area contributed by atoms with Crippen LogP contribution in [0.15, 0.2) is 24.3 Å². The third-order valence-corrected chi connectivity index (χ3v) is 4.16. The minimum absolute atomic E-state index is 0.232. The molecule has 2 rings (SSSR count). The fourth-order valence-electron chi connectivity index (χ4n) is 2.86. The summed E-state index contributed by atoms with van der Waals surface area (Å²) in [6, 6.07) is 6.11. The summed E-state index contributed by atoms with van der Waals surface area (Å²) >= 11 is 0. The standard InChI is InChI=1S/C16H20N2O4/c1-10-13(16(21)22)7-4-8-18(10)15(20)12-6-3-5-11(9-12)14(19)17-2/h3,5-6,9-10,13H,4,7-8H2,1-2H3,(H,17,19)(H,21,22)/t10-,13-/m0/s1. The van der Waals surface area contributed by atoms with Crippen LogP contribution in [0, 0.1) is 5.92 Å². The fraction of sp³-hybridized carbons (Fsp3) is 0.438. The minimum Gasteiger partial charge on any atom is -0.481 e. The first kappa shape index (κ1) is 16.0. The summed E-state index contributed by atoms with van der Waals surface area (Å²) in [4.78, 5) is 37.1. The van der Waals surface area contributed by atoms with Crippen LogP contribution >= 0.6 is 0 Å². The van der Waals surface area contributed by atoms with Crippen molar-refractivity contribution in [1.82, 2.24) is 10.2 Å². The molecule has 2 atom stereocenters. The van der Waals surface area contributed by atoms with Crippen molar-refractivity contribution in [3.8, 4) is 0 Å². The van der Waals surface area contributed by atoms with E-state index in [1.807, 2.05) is 0 Å². The average Bonchev–Trinajstić information content (AvgIpc) is 2.53. The Morgan fingerprint density at radius 1 is 1.27 bits per heavy atom. The number of nitrogens with zero attached hydrogens (tertiary/aromatic N) is 1. The van der Waals surface area contributed by atoms with Crippen LogP contribution < -0.4 is 5.32 Å². The average molecular weight is 304 g/mol. The number of aliphatic carboxylic acids is 1. The van der Waals surface area contributed by atoms with Gasteiger partial charge in [0, 0.05) is 30.8 Å². The molecule has 1 aliphatic rings. The number of amides is 2. The third-order valence-electron chi connectivity index (χ3n) is 4.16. The number of piperidine rings is 1. The maximum absolute atomic E-state index is 12.6. The molecule has 1 aliphatic heterocycles. The molecule has 1 heterocycles. The summed E-state index contributed by atoms with van der Waals surface area (Å²) in [6.07, 6.45) is 1.25. The lowest BCUT2D eigenvalue weighted by molar-refractivity contribution is -0.144. The van der Waals surface area contributed by atoms with Gasteiger partial charge in [0.1, 0.15) is 0 Å². The lowest BCUT2D eigenvalue weighted by Crippen LogP contribution is -2.49. The van der Waals surface area contributed by atoms with E-state index >= 15 is 0 Å². The topological polar surface area (TPSA) is 86.7 Å². The zero-order valence-electron chi connectivity index (χ0n) is 12.7. The maximum atomic E-state index is 12.6. The van der Waals surface area contributed by atoms with Crippen LogP contribution in [0.2, 0.25) is 0 Å². The van der Waals surface area contributed by atoms with Gasteiger partial charge in [-0.05, 0) is 38.0 Å². The molecular formula is C16H20N2O4. The quantitative estimate of drug-likeness (QED) is 0.883. The number of carboxylic acids is 1. The highest BCUT2D eigenvalue weighted by atomic mass is 16.4. The molecule has 1 aromatic carbocycles. The van der Waals surface area contributed by atoms with E-state index in [-0.39, 0.29) is 17.9 Å². The van der Waals surface area contributed by atoms with Gasteiger partial charge in [0.25, 0.3) is 11.8 Å². The van der Waals surface area contributed by atoms with Crippen LogP contribution in [0.1, 0.15) is 40.5 Å². The number of carbonyl (C=O) groups excluding carboxylic acids is 2. The van der Waals surface area contributed by atoms with Gasteiger partial charge in [-0.3, -0.25) is 14.4 Å². The van der Waals surface area contributed by atoms with Gasteiger partial charge in [0.05, 0.1) is 5.92 Å². The third kappa shape index (κ3) is 3.10. The predicted octanol–water partition coefficient (Wildman–Crippen LogP) is 1.37. The van der Waals surface area contributed by atoms with E-state index in [0.717, 1.165) is 0 Å². The molecule has 6 nitrogen and oxygen atoms in total. The van der Waals surface area contributed by atoms with Crippen molar-refractivity contribution in [3.63, 3.8) is 0 Å². The maximum Gasteiger partial charge on any atom is 0.308 e. The monoisotopic (exact) mass is 304 g/mol. The van der Waals surface area contributed by atoms with Crippen molar-refractivity contribution in [3.05, 3.63) is 35.4 Å². The van der Waals surface area contributed by atoms with E-state index in [1.54, 1.807) is 30.0 Å². The Bertz CT molecular complexity index is 600. The molecule has 2 amide bonds. The van der Waals surface area contributed by atoms with E-state index in [9.17, 15) is 19.5 Å². The van der Waals surface area contributed by atoms with Crippen molar-refractivity contribution in [1.29, 1.82) is 0 Å². The van der Waals surface area contributed by atoms with Crippen molar-refractivity contribution in [2.45, 2.75) is 25.8 Å². The SMILES string of the molecule is CNC(=O)c1cccc(C(=O)N2CCC[C@H](C(=O)O)[C@@H]2C)c1. The first-order chi connectivity index (χ1) is 10.5. The van der Waals surface area contributed by atoms with Gasteiger partial charge in [0.2, 0.25) is 0 Å². The summed E-state index contributed by atoms with van der Waals surface area (Å²) in [6.45, 7) is 2.30. The lowest BCUT2D eigenvalue weighted by atomic mass is 9.89. The molecule has 0 saturated carbocycles. The molecule has 0 aliphatic carbocycles. The highest BCUT2D eigenvalue weighted by Crippen LogP contribution is 2.25. The molecule has 1 aromatic rings. The number of carboxylic acid groups (broad SMARTS) is 1. The summed E-state index contributed by atoms with van der Waals surface area (Å²) < 4.78 is 0. The van der Waals surface area contributed by atoms with Gasteiger partial charge in [-0.2, -0.15) is 0 Å². The Morgan fingerprint density at radius 2 is 1.95 bits per heavy atom. The first-order valence-electron chi connectivity index (χ1n) is 7.31. The zero-order chi connectivity index (χ0) is 16.3. The number of benzene rings is 1. The van der Waals surface area contributed by atoms with Crippen molar-refractivity contribution < 1.29 is 19.5 Å². The van der Waals surface area contributed by atoms with Gasteiger partial charge in [-0.15, -0.1) is 0 Å². The number of hydrogen-bond donors (Lipinski definition) is 2. The van der Waals surface area contributed by atoms with E-state index in [4.69, 9.17) is 0 Å². The number of nitrogens with one attached hydrogen (secondary N) is 1. The fourth-order valence-corrected chi connectivity index (χ4v) is 2.86. The van der Waals surface area contributed by atoms with Gasteiger partial charge < -0.3 is 15.3 Å². The van der Waals surface area contributed by atoms with Crippen LogP contribution in [-0.4, -0.2) is 47.4 Å². The van der Waals surface area contributed by atoms with Crippen molar-refractivity contribution in [2.24, 2.45) is 5.92 Å². The highest BCUT2D eigenvalue weighted by Gasteiger charge is 2.35. The lowest BCUT2D eigenvalue weighted by Gasteiger charge is -2.37. The van der Waals surface area contributed by atoms with Crippen LogP contribution in [-0.2, 0) is 4.79 Å². The second-order valence-electron chi connectivity index (χ2n) is 5.49. The van der Waals surface area contributed by atoms with Gasteiger partial charge in [-0.25, -0.2) is 0 Å². The Kier molecular flexibility index (Phi) is 4.80. The van der Waals surface area contributed by atoms with Gasteiger partial charge in [0.15, 0.2) is 0 Å². The first-order valence-corrected chi connectivity index (χ1v) is 7.31. The zero-order valence-corrected chi connectivity index (χ0v) is 12.7. The highest BCUT2D eigenvalue weighted by molar-refractivity contribution is 5.99. The molecule has 22 heavy (non-hydrogen) atoms. The van der Waals surface area contributed by atoms with Crippen molar-refractivity contribution >= 4 is 17.8 Å². The summed E-state index contributed by atoms with van der Waals surface area (Å²) in [5, 5.41) is 11.8. The minimum atomic E-state index is -0.871. The van der Waals surface area contributed by atoms with Crippen LogP contribution in [0.25, 0.3) is 0 Å². The van der Waals surface area contributed by atoms with Crippen LogP contribution in [0.4, 0.5) is 0 Å². The molecule has 1 saturated heterocycles. The Morgan fingerprint density at radius 3 is 2.59 bits per heavy atom. The number of hydrogen-bond acceptors (Lipinski definition) is 3. The second kappa shape index (κ2) is 6.60. The number of rotatable bonds is 3. The number of carbonyl (C=O) groups is 3. The largest absolute Gasteiger partial charge is 0.481 e. The number of likely N-dealkylation sites (tertiary alicyclic amines) is 1. The molecule has 0 radical (unpaired) electrons. The van der Waals surface area contributed by atoms with Crippen LogP contribution in [0.3, 0.4) is 0 Å². The molecule has 6 heteroatoms. The molecule has 0 unspecified atom stereocenters. The smallest absolute Gasteiger partial charge is 0.308 e. The van der Waals surface area contributed by atoms with Gasteiger partial charge in [-0.1, -0.05) is 6.07 Å². The predicted molar refractivity (Wildman–Crippen MR) is 80.7 cm³/mol. The Labute approximate surface area is 129 Å². The van der Waals surface area contributed by atoms with E-state index in [2.05, 4.69) is 5.32 Å². The van der Waals surface area contributed by atoms with Crippen LogP contribution in [0.5, 0.6) is 0 Å². The molecule has 1 fully saturated rings. The molecule has 118 valence electrons. The second-order valence-corrected chi connectivity index (χ2v) is 5.49. The molecule has 0 aromatic heterocycles.